The number of rotatable bonds is 5. The standard InChI is InChI=1S/C8H12.C6H10N2O.C2H7N/c1-4-6-7-8(3)5-2;1-2-3-5(4-7)6(8)9;1-2-3/h4-7H,1H2,2-3H3;5H,2-3H2,1H3,(H2,8,9);2-3H2,1H3/b7-6-,8-5-;;. The molecule has 4 N–H and O–H groups in total. The minimum atomic E-state index is -0.588. The Morgan fingerprint density at radius 3 is 2.15 bits per heavy atom. The van der Waals surface area contributed by atoms with E-state index in [4.69, 9.17) is 16.7 Å². The summed E-state index contributed by atoms with van der Waals surface area (Å²) in [6.45, 7) is 12.2. The summed E-state index contributed by atoms with van der Waals surface area (Å²) in [5, 5.41) is 8.28. The number of hydrogen-bond donors (Lipinski definition) is 2. The predicted molar refractivity (Wildman–Crippen MR) is 86.7 cm³/mol. The Labute approximate surface area is 123 Å². The average Bonchev–Trinajstić information content (AvgIpc) is 2.43. The zero-order valence-electron chi connectivity index (χ0n) is 13.2. The molecule has 0 rings (SSSR count). The summed E-state index contributed by atoms with van der Waals surface area (Å²) in [5.41, 5.74) is 11.0. The summed E-state index contributed by atoms with van der Waals surface area (Å²) >= 11 is 0. The highest BCUT2D eigenvalue weighted by molar-refractivity contribution is 5.79. The molecule has 0 radical (unpaired) electrons. The quantitative estimate of drug-likeness (QED) is 0.757. The van der Waals surface area contributed by atoms with Gasteiger partial charge in [-0.2, -0.15) is 5.26 Å². The van der Waals surface area contributed by atoms with Crippen LogP contribution in [0.5, 0.6) is 0 Å². The third-order valence-corrected chi connectivity index (χ3v) is 2.03. The Hall–Kier alpha value is -1.86. The van der Waals surface area contributed by atoms with E-state index < -0.39 is 11.8 Å². The maximum atomic E-state index is 10.3. The SMILES string of the molecule is C=C/C=C\C(C)=C/C.CCCC(C#N)C(N)=O.CCN. The number of hydrogen-bond acceptors (Lipinski definition) is 3. The monoisotopic (exact) mass is 279 g/mol. The van der Waals surface area contributed by atoms with Gasteiger partial charge in [-0.1, -0.05) is 56.7 Å². The lowest BCUT2D eigenvalue weighted by Crippen LogP contribution is -2.21. The molecule has 0 saturated carbocycles. The third-order valence-electron chi connectivity index (χ3n) is 2.03. The topological polar surface area (TPSA) is 92.9 Å². The van der Waals surface area contributed by atoms with Crippen LogP contribution in [0.2, 0.25) is 0 Å². The van der Waals surface area contributed by atoms with E-state index in [-0.39, 0.29) is 0 Å². The lowest BCUT2D eigenvalue weighted by atomic mass is 10.1. The summed E-state index contributed by atoms with van der Waals surface area (Å²) < 4.78 is 0. The second-order valence-electron chi connectivity index (χ2n) is 3.91. The smallest absolute Gasteiger partial charge is 0.234 e. The van der Waals surface area contributed by atoms with Gasteiger partial charge in [0.1, 0.15) is 5.92 Å². The molecule has 114 valence electrons. The van der Waals surface area contributed by atoms with E-state index in [2.05, 4.69) is 19.6 Å². The molecule has 0 fully saturated rings. The second-order valence-corrected chi connectivity index (χ2v) is 3.91. The van der Waals surface area contributed by atoms with Crippen LogP contribution in [0, 0.1) is 17.2 Å². The lowest BCUT2D eigenvalue weighted by molar-refractivity contribution is -0.120. The molecule has 4 nitrogen and oxygen atoms in total. The number of allylic oxidation sites excluding steroid dienone is 5. The van der Waals surface area contributed by atoms with Gasteiger partial charge >= 0.3 is 0 Å². The molecule has 0 aromatic carbocycles. The summed E-state index contributed by atoms with van der Waals surface area (Å²) in [5.74, 6) is -1.10. The Morgan fingerprint density at radius 1 is 1.45 bits per heavy atom. The Balaban J connectivity index is -0.000000243. The molecule has 0 aliphatic carbocycles. The molecule has 0 aliphatic rings. The van der Waals surface area contributed by atoms with Crippen LogP contribution in [-0.4, -0.2) is 12.5 Å². The van der Waals surface area contributed by atoms with Crippen molar-refractivity contribution in [3.63, 3.8) is 0 Å². The molecule has 1 unspecified atom stereocenters. The van der Waals surface area contributed by atoms with Gasteiger partial charge < -0.3 is 11.5 Å². The first kappa shape index (κ1) is 23.2. The fourth-order valence-corrected chi connectivity index (χ4v) is 0.875. The number of primary amides is 1. The van der Waals surface area contributed by atoms with Crippen LogP contribution in [-0.2, 0) is 4.79 Å². The fraction of sp³-hybridized carbons (Fsp3) is 0.500. The van der Waals surface area contributed by atoms with Crippen LogP contribution >= 0.6 is 0 Å². The van der Waals surface area contributed by atoms with Gasteiger partial charge in [0.25, 0.3) is 0 Å². The van der Waals surface area contributed by atoms with Crippen LogP contribution < -0.4 is 11.5 Å². The highest BCUT2D eigenvalue weighted by atomic mass is 16.1. The first-order chi connectivity index (χ1) is 9.44. The summed E-state index contributed by atoms with van der Waals surface area (Å²) in [4.78, 5) is 10.3. The van der Waals surface area contributed by atoms with Crippen LogP contribution in [0.1, 0.15) is 40.5 Å². The molecule has 1 amide bonds. The number of nitriles is 1. The largest absolute Gasteiger partial charge is 0.369 e. The van der Waals surface area contributed by atoms with Gasteiger partial charge in [-0.3, -0.25) is 4.79 Å². The normalized spacial score (nSPS) is 11.3. The van der Waals surface area contributed by atoms with Crippen LogP contribution in [0.15, 0.2) is 36.5 Å². The van der Waals surface area contributed by atoms with Gasteiger partial charge in [0.2, 0.25) is 5.91 Å². The molecular weight excluding hydrogens is 250 g/mol. The molecule has 0 heterocycles. The van der Waals surface area contributed by atoms with Crippen molar-refractivity contribution in [1.82, 2.24) is 0 Å². The molecule has 0 aliphatic heterocycles. The maximum Gasteiger partial charge on any atom is 0.234 e. The maximum absolute atomic E-state index is 10.3. The number of carbonyl (C=O) groups is 1. The van der Waals surface area contributed by atoms with Gasteiger partial charge in [0.05, 0.1) is 6.07 Å². The predicted octanol–water partition coefficient (Wildman–Crippen LogP) is 3.07. The van der Waals surface area contributed by atoms with Gasteiger partial charge in [-0.15, -0.1) is 0 Å². The minimum Gasteiger partial charge on any atom is -0.369 e. The molecule has 0 aromatic heterocycles. The third kappa shape index (κ3) is 21.4. The lowest BCUT2D eigenvalue weighted by Gasteiger charge is -1.98. The first-order valence-electron chi connectivity index (χ1n) is 6.75. The fourth-order valence-electron chi connectivity index (χ4n) is 0.875. The first-order valence-corrected chi connectivity index (χ1v) is 6.75. The van der Waals surface area contributed by atoms with Crippen LogP contribution in [0.4, 0.5) is 0 Å². The van der Waals surface area contributed by atoms with Crippen molar-refractivity contribution in [1.29, 1.82) is 5.26 Å². The zero-order chi connectivity index (χ0) is 16.4. The Kier molecular flexibility index (Phi) is 22.6. The summed E-state index contributed by atoms with van der Waals surface area (Å²) in [6.07, 6.45) is 9.17. The molecule has 0 spiro atoms. The molecular formula is C16H29N3O. The van der Waals surface area contributed by atoms with Gasteiger partial charge in [0, 0.05) is 0 Å². The van der Waals surface area contributed by atoms with Gasteiger partial charge in [0.15, 0.2) is 0 Å². The molecule has 0 bridgehead atoms. The van der Waals surface area contributed by atoms with Crippen molar-refractivity contribution in [2.75, 3.05) is 6.54 Å². The number of nitrogens with zero attached hydrogens (tertiary/aromatic N) is 1. The highest BCUT2D eigenvalue weighted by Gasteiger charge is 2.11. The highest BCUT2D eigenvalue weighted by Crippen LogP contribution is 2.02. The van der Waals surface area contributed by atoms with E-state index in [9.17, 15) is 4.79 Å². The van der Waals surface area contributed by atoms with Crippen LogP contribution in [0.3, 0.4) is 0 Å². The Morgan fingerprint density at radius 2 is 1.95 bits per heavy atom. The van der Waals surface area contributed by atoms with Crippen molar-refractivity contribution < 1.29 is 4.79 Å². The summed E-state index contributed by atoms with van der Waals surface area (Å²) in [7, 11) is 0. The van der Waals surface area contributed by atoms with Crippen LogP contribution in [0.25, 0.3) is 0 Å². The van der Waals surface area contributed by atoms with E-state index in [1.807, 2.05) is 39.0 Å². The zero-order valence-corrected chi connectivity index (χ0v) is 13.2. The van der Waals surface area contributed by atoms with E-state index in [0.717, 1.165) is 13.0 Å². The summed E-state index contributed by atoms with van der Waals surface area (Å²) in [6, 6.07) is 1.83. The minimum absolute atomic E-state index is 0.514. The molecule has 1 atom stereocenters. The van der Waals surface area contributed by atoms with Gasteiger partial charge in [-0.25, -0.2) is 0 Å². The Bertz CT molecular complexity index is 338. The number of carbonyl (C=O) groups excluding carboxylic acids is 1. The van der Waals surface area contributed by atoms with E-state index >= 15 is 0 Å². The van der Waals surface area contributed by atoms with Gasteiger partial charge in [-0.05, 0) is 26.8 Å². The van der Waals surface area contributed by atoms with Crippen molar-refractivity contribution in [3.8, 4) is 6.07 Å². The van der Waals surface area contributed by atoms with Crippen molar-refractivity contribution >= 4 is 5.91 Å². The molecule has 4 heteroatoms. The van der Waals surface area contributed by atoms with E-state index in [1.54, 1.807) is 6.08 Å². The molecule has 20 heavy (non-hydrogen) atoms. The average molecular weight is 279 g/mol. The molecule has 0 aromatic rings. The second kappa shape index (κ2) is 19.5. The van der Waals surface area contributed by atoms with Crippen molar-refractivity contribution in [2.45, 2.75) is 40.5 Å². The number of amides is 1. The number of nitrogens with two attached hydrogens (primary N) is 2. The van der Waals surface area contributed by atoms with E-state index in [0.29, 0.717) is 6.42 Å². The molecule has 0 saturated heterocycles. The van der Waals surface area contributed by atoms with E-state index in [1.165, 1.54) is 5.57 Å². The van der Waals surface area contributed by atoms with Crippen molar-refractivity contribution in [2.24, 2.45) is 17.4 Å². The van der Waals surface area contributed by atoms with Crippen molar-refractivity contribution in [3.05, 3.63) is 36.5 Å².